The van der Waals surface area contributed by atoms with Crippen LogP contribution in [0.3, 0.4) is 0 Å². The van der Waals surface area contributed by atoms with Crippen molar-refractivity contribution in [2.75, 3.05) is 11.9 Å². The Labute approximate surface area is 136 Å². The van der Waals surface area contributed by atoms with E-state index >= 15 is 0 Å². The molecule has 3 aromatic rings. The highest BCUT2D eigenvalue weighted by Crippen LogP contribution is 2.27. The zero-order valence-electron chi connectivity index (χ0n) is 12.2. The van der Waals surface area contributed by atoms with E-state index in [1.807, 2.05) is 36.4 Å². The van der Waals surface area contributed by atoms with E-state index in [1.54, 1.807) is 0 Å². The van der Waals surface area contributed by atoms with Crippen molar-refractivity contribution < 1.29 is 0 Å². The van der Waals surface area contributed by atoms with Gasteiger partial charge in [0.2, 0.25) is 0 Å². The normalized spacial score (nSPS) is 10.6. The van der Waals surface area contributed by atoms with Crippen LogP contribution < -0.4 is 5.32 Å². The predicted molar refractivity (Wildman–Crippen MR) is 94.7 cm³/mol. The van der Waals surface area contributed by atoms with Crippen LogP contribution in [0.2, 0.25) is 5.02 Å². The average Bonchev–Trinajstić information content (AvgIpc) is 2.59. The number of hydrogen-bond acceptors (Lipinski definition) is 1. The molecule has 0 aromatic heterocycles. The van der Waals surface area contributed by atoms with Crippen molar-refractivity contribution in [1.29, 1.82) is 0 Å². The van der Waals surface area contributed by atoms with Gasteiger partial charge >= 0.3 is 0 Å². The minimum Gasteiger partial charge on any atom is -0.383 e. The van der Waals surface area contributed by atoms with Crippen LogP contribution in [0, 0.1) is 0 Å². The maximum Gasteiger partial charge on any atom is 0.0637 e. The van der Waals surface area contributed by atoms with Crippen LogP contribution in [0.15, 0.2) is 84.9 Å². The van der Waals surface area contributed by atoms with Gasteiger partial charge in [0.05, 0.1) is 10.7 Å². The van der Waals surface area contributed by atoms with Gasteiger partial charge in [-0.05, 0) is 23.3 Å². The van der Waals surface area contributed by atoms with Crippen molar-refractivity contribution >= 4 is 17.3 Å². The Hall–Kier alpha value is -2.25. The van der Waals surface area contributed by atoms with E-state index in [0.29, 0.717) is 5.92 Å². The smallest absolute Gasteiger partial charge is 0.0637 e. The molecule has 1 N–H and O–H groups in total. The molecule has 0 aliphatic rings. The zero-order chi connectivity index (χ0) is 15.2. The van der Waals surface area contributed by atoms with Gasteiger partial charge in [-0.2, -0.15) is 0 Å². The van der Waals surface area contributed by atoms with E-state index in [1.165, 1.54) is 11.1 Å². The molecule has 0 unspecified atom stereocenters. The van der Waals surface area contributed by atoms with Gasteiger partial charge in [0, 0.05) is 12.5 Å². The van der Waals surface area contributed by atoms with Gasteiger partial charge in [-0.3, -0.25) is 0 Å². The van der Waals surface area contributed by atoms with E-state index in [4.69, 9.17) is 11.6 Å². The molecule has 0 heterocycles. The molecule has 0 aliphatic heterocycles. The molecule has 0 bridgehead atoms. The summed E-state index contributed by atoms with van der Waals surface area (Å²) in [5.74, 6) is 0.290. The fraction of sp³-hybridized carbons (Fsp3) is 0.100. The first-order valence-electron chi connectivity index (χ1n) is 7.43. The first-order valence-corrected chi connectivity index (χ1v) is 7.80. The Bertz CT molecular complexity index is 671. The molecule has 0 fully saturated rings. The van der Waals surface area contributed by atoms with Crippen LogP contribution in [-0.2, 0) is 0 Å². The van der Waals surface area contributed by atoms with Gasteiger partial charge in [-0.1, -0.05) is 84.4 Å². The topological polar surface area (TPSA) is 12.0 Å². The van der Waals surface area contributed by atoms with E-state index in [2.05, 4.69) is 53.8 Å². The van der Waals surface area contributed by atoms with E-state index in [9.17, 15) is 0 Å². The SMILES string of the molecule is Clc1ccccc1NCC(c1ccccc1)c1ccccc1. The zero-order valence-corrected chi connectivity index (χ0v) is 13.0. The molecule has 2 heteroatoms. The first kappa shape index (κ1) is 14.7. The summed E-state index contributed by atoms with van der Waals surface area (Å²) in [5, 5.41) is 4.23. The predicted octanol–water partition coefficient (Wildman–Crippen LogP) is 5.58. The molecule has 0 aliphatic carbocycles. The lowest BCUT2D eigenvalue weighted by atomic mass is 9.91. The van der Waals surface area contributed by atoms with Crippen LogP contribution in [0.1, 0.15) is 17.0 Å². The minimum atomic E-state index is 0.290. The molecule has 1 nitrogen and oxygen atoms in total. The highest BCUT2D eigenvalue weighted by molar-refractivity contribution is 6.33. The number of hydrogen-bond donors (Lipinski definition) is 1. The van der Waals surface area contributed by atoms with E-state index in [0.717, 1.165) is 17.3 Å². The summed E-state index contributed by atoms with van der Waals surface area (Å²) in [6.45, 7) is 0.803. The van der Waals surface area contributed by atoms with Crippen LogP contribution in [-0.4, -0.2) is 6.54 Å². The molecule has 0 amide bonds. The van der Waals surface area contributed by atoms with Gasteiger partial charge in [-0.25, -0.2) is 0 Å². The second-order valence-corrected chi connectivity index (χ2v) is 5.64. The molecule has 0 saturated carbocycles. The Balaban J connectivity index is 1.85. The van der Waals surface area contributed by atoms with Crippen molar-refractivity contribution in [2.24, 2.45) is 0 Å². The van der Waals surface area contributed by atoms with Crippen LogP contribution in [0.25, 0.3) is 0 Å². The van der Waals surface area contributed by atoms with Crippen molar-refractivity contribution in [1.82, 2.24) is 0 Å². The van der Waals surface area contributed by atoms with Gasteiger partial charge in [0.1, 0.15) is 0 Å². The lowest BCUT2D eigenvalue weighted by Crippen LogP contribution is -2.14. The Morgan fingerprint density at radius 3 is 1.73 bits per heavy atom. The summed E-state index contributed by atoms with van der Waals surface area (Å²) in [4.78, 5) is 0. The largest absolute Gasteiger partial charge is 0.383 e. The number of halogens is 1. The maximum atomic E-state index is 6.24. The second-order valence-electron chi connectivity index (χ2n) is 5.23. The fourth-order valence-electron chi connectivity index (χ4n) is 2.62. The molecule has 0 atom stereocenters. The minimum absolute atomic E-state index is 0.290. The molecule has 3 rings (SSSR count). The third-order valence-electron chi connectivity index (χ3n) is 3.77. The molecule has 0 saturated heterocycles. The van der Waals surface area contributed by atoms with Crippen molar-refractivity contribution in [3.05, 3.63) is 101 Å². The van der Waals surface area contributed by atoms with E-state index < -0.39 is 0 Å². The monoisotopic (exact) mass is 307 g/mol. The van der Waals surface area contributed by atoms with Crippen molar-refractivity contribution in [3.63, 3.8) is 0 Å². The summed E-state index contributed by atoms with van der Waals surface area (Å²) in [7, 11) is 0. The quantitative estimate of drug-likeness (QED) is 0.648. The summed E-state index contributed by atoms with van der Waals surface area (Å²) >= 11 is 6.24. The number of anilines is 1. The highest BCUT2D eigenvalue weighted by Gasteiger charge is 2.14. The summed E-state index contributed by atoms with van der Waals surface area (Å²) < 4.78 is 0. The van der Waals surface area contributed by atoms with Gasteiger partial charge in [-0.15, -0.1) is 0 Å². The number of benzene rings is 3. The molecule has 0 radical (unpaired) electrons. The summed E-state index contributed by atoms with van der Waals surface area (Å²) in [6.07, 6.45) is 0. The maximum absolute atomic E-state index is 6.24. The first-order chi connectivity index (χ1) is 10.8. The summed E-state index contributed by atoms with van der Waals surface area (Å²) in [5.41, 5.74) is 3.57. The molecule has 22 heavy (non-hydrogen) atoms. The molecular formula is C20H18ClN. The van der Waals surface area contributed by atoms with Crippen LogP contribution in [0.5, 0.6) is 0 Å². The average molecular weight is 308 g/mol. The third-order valence-corrected chi connectivity index (χ3v) is 4.10. The number of para-hydroxylation sites is 1. The standard InChI is InChI=1S/C20H18ClN/c21-19-13-7-8-14-20(19)22-15-18(16-9-3-1-4-10-16)17-11-5-2-6-12-17/h1-14,18,22H,15H2. The Morgan fingerprint density at radius 1 is 0.682 bits per heavy atom. The third kappa shape index (κ3) is 3.49. The number of rotatable bonds is 5. The van der Waals surface area contributed by atoms with Crippen molar-refractivity contribution in [3.8, 4) is 0 Å². The summed E-state index contributed by atoms with van der Waals surface area (Å²) in [6, 6.07) is 29.0. The lowest BCUT2D eigenvalue weighted by molar-refractivity contribution is 0.853. The van der Waals surface area contributed by atoms with Crippen molar-refractivity contribution in [2.45, 2.75) is 5.92 Å². The fourth-order valence-corrected chi connectivity index (χ4v) is 2.82. The Morgan fingerprint density at radius 2 is 1.18 bits per heavy atom. The molecular weight excluding hydrogens is 290 g/mol. The molecule has 0 spiro atoms. The van der Waals surface area contributed by atoms with Gasteiger partial charge in [0.15, 0.2) is 0 Å². The van der Waals surface area contributed by atoms with Crippen LogP contribution in [0.4, 0.5) is 5.69 Å². The number of nitrogens with one attached hydrogen (secondary N) is 1. The van der Waals surface area contributed by atoms with E-state index in [-0.39, 0.29) is 0 Å². The molecule has 110 valence electrons. The van der Waals surface area contributed by atoms with Gasteiger partial charge in [0.25, 0.3) is 0 Å². The van der Waals surface area contributed by atoms with Crippen LogP contribution >= 0.6 is 11.6 Å². The highest BCUT2D eigenvalue weighted by atomic mass is 35.5. The Kier molecular flexibility index (Phi) is 4.77. The second kappa shape index (κ2) is 7.15. The van der Waals surface area contributed by atoms with Gasteiger partial charge < -0.3 is 5.32 Å². The lowest BCUT2D eigenvalue weighted by Gasteiger charge is -2.20. The molecule has 3 aromatic carbocycles.